The van der Waals surface area contributed by atoms with Gasteiger partial charge in [0, 0.05) is 23.4 Å². The molecule has 0 atom stereocenters. The average molecular weight is 370 g/mol. The third-order valence-corrected chi connectivity index (χ3v) is 3.77. The normalized spacial score (nSPS) is 10.9. The van der Waals surface area contributed by atoms with E-state index in [4.69, 9.17) is 11.6 Å². The van der Waals surface area contributed by atoms with Gasteiger partial charge >= 0.3 is 0 Å². The van der Waals surface area contributed by atoms with Gasteiger partial charge in [0.15, 0.2) is 0 Å². The molecule has 0 heterocycles. The van der Waals surface area contributed by atoms with Crippen molar-refractivity contribution in [3.8, 4) is 0 Å². The van der Waals surface area contributed by atoms with E-state index in [9.17, 15) is 23.3 Å². The van der Waals surface area contributed by atoms with Crippen molar-refractivity contribution in [1.29, 1.82) is 0 Å². The summed E-state index contributed by atoms with van der Waals surface area (Å²) in [5, 5.41) is 13.4. The van der Waals surface area contributed by atoms with Gasteiger partial charge in [-0.25, -0.2) is 8.42 Å². The van der Waals surface area contributed by atoms with Crippen LogP contribution in [0, 0.1) is 10.1 Å². The van der Waals surface area contributed by atoms with Gasteiger partial charge in [-0.3, -0.25) is 19.6 Å². The number of non-ortho nitro benzene ring substituents is 1. The van der Waals surface area contributed by atoms with Crippen LogP contribution in [0.4, 0.5) is 17.1 Å². The van der Waals surface area contributed by atoms with Gasteiger partial charge in [-0.2, -0.15) is 0 Å². The molecule has 10 heteroatoms. The summed E-state index contributed by atoms with van der Waals surface area (Å²) in [7, 11) is -3.48. The maximum atomic E-state index is 12.2. The molecule has 8 nitrogen and oxygen atoms in total. The molecule has 0 saturated carbocycles. The molecule has 0 bridgehead atoms. The molecule has 24 heavy (non-hydrogen) atoms. The number of sulfonamides is 1. The molecule has 0 aliphatic heterocycles. The number of hydrogen-bond donors (Lipinski definition) is 2. The summed E-state index contributed by atoms with van der Waals surface area (Å²) in [4.78, 5) is 22.4. The molecule has 2 aromatic rings. The minimum Gasteiger partial charge on any atom is -0.320 e. The van der Waals surface area contributed by atoms with Crippen molar-refractivity contribution in [1.82, 2.24) is 0 Å². The molecule has 2 aromatic carbocycles. The van der Waals surface area contributed by atoms with E-state index in [1.165, 1.54) is 36.4 Å². The fraction of sp³-hybridized carbons (Fsp3) is 0.0714. The molecule has 0 aromatic heterocycles. The van der Waals surface area contributed by atoms with Gasteiger partial charge in [0.25, 0.3) is 11.6 Å². The Morgan fingerprint density at radius 3 is 2.54 bits per heavy atom. The second-order valence-electron chi connectivity index (χ2n) is 4.83. The zero-order valence-corrected chi connectivity index (χ0v) is 13.9. The van der Waals surface area contributed by atoms with Gasteiger partial charge < -0.3 is 5.32 Å². The molecule has 0 aliphatic carbocycles. The summed E-state index contributed by atoms with van der Waals surface area (Å²) >= 11 is 5.92. The van der Waals surface area contributed by atoms with Crippen LogP contribution in [-0.2, 0) is 10.0 Å². The maximum absolute atomic E-state index is 12.2. The predicted octanol–water partition coefficient (Wildman–Crippen LogP) is 2.87. The van der Waals surface area contributed by atoms with Crippen molar-refractivity contribution < 1.29 is 18.1 Å². The largest absolute Gasteiger partial charge is 0.320 e. The Bertz CT molecular complexity index is 914. The Balaban J connectivity index is 2.26. The van der Waals surface area contributed by atoms with Crippen molar-refractivity contribution in [2.24, 2.45) is 0 Å². The van der Waals surface area contributed by atoms with E-state index < -0.39 is 20.9 Å². The van der Waals surface area contributed by atoms with Gasteiger partial charge in [0.2, 0.25) is 10.0 Å². The molecule has 0 saturated heterocycles. The Kier molecular flexibility index (Phi) is 5.05. The molecular weight excluding hydrogens is 358 g/mol. The fourth-order valence-corrected chi connectivity index (χ4v) is 2.58. The Labute approximate surface area is 142 Å². The molecule has 0 unspecified atom stereocenters. The van der Waals surface area contributed by atoms with Gasteiger partial charge in [0.05, 0.1) is 21.9 Å². The Morgan fingerprint density at radius 2 is 1.92 bits per heavy atom. The van der Waals surface area contributed by atoms with Crippen LogP contribution in [0.2, 0.25) is 5.02 Å². The number of nitro groups is 1. The number of halogens is 1. The number of benzene rings is 2. The zero-order valence-electron chi connectivity index (χ0n) is 12.3. The Morgan fingerprint density at radius 1 is 1.21 bits per heavy atom. The Hall–Kier alpha value is -2.65. The number of hydrogen-bond acceptors (Lipinski definition) is 5. The molecule has 126 valence electrons. The number of nitro benzene ring substituents is 1. The zero-order chi connectivity index (χ0) is 17.9. The highest BCUT2D eigenvalue weighted by Crippen LogP contribution is 2.27. The minimum absolute atomic E-state index is 0.0809. The van der Waals surface area contributed by atoms with Crippen LogP contribution >= 0.6 is 11.6 Å². The van der Waals surface area contributed by atoms with E-state index in [0.717, 1.165) is 12.3 Å². The third-order valence-electron chi connectivity index (χ3n) is 2.84. The molecular formula is C14H12ClN3O5S. The van der Waals surface area contributed by atoms with E-state index in [1.807, 2.05) is 0 Å². The highest BCUT2D eigenvalue weighted by atomic mass is 35.5. The quantitative estimate of drug-likeness (QED) is 0.620. The van der Waals surface area contributed by atoms with Gasteiger partial charge in [-0.15, -0.1) is 0 Å². The van der Waals surface area contributed by atoms with E-state index in [1.54, 1.807) is 0 Å². The smallest absolute Gasteiger partial charge is 0.271 e. The summed E-state index contributed by atoms with van der Waals surface area (Å²) in [6.45, 7) is 0. The van der Waals surface area contributed by atoms with Crippen molar-refractivity contribution in [3.63, 3.8) is 0 Å². The van der Waals surface area contributed by atoms with E-state index in [2.05, 4.69) is 10.0 Å². The summed E-state index contributed by atoms with van der Waals surface area (Å²) < 4.78 is 24.7. The number of anilines is 2. The summed E-state index contributed by atoms with van der Waals surface area (Å²) in [6, 6.07) is 9.44. The van der Waals surface area contributed by atoms with Crippen molar-refractivity contribution >= 4 is 44.6 Å². The number of carbonyl (C=O) groups is 1. The third kappa shape index (κ3) is 4.67. The van der Waals surface area contributed by atoms with E-state index in [0.29, 0.717) is 0 Å². The number of nitrogens with one attached hydrogen (secondary N) is 2. The minimum atomic E-state index is -3.48. The first-order valence-corrected chi connectivity index (χ1v) is 8.76. The predicted molar refractivity (Wildman–Crippen MR) is 91.0 cm³/mol. The van der Waals surface area contributed by atoms with Gasteiger partial charge in [-0.05, 0) is 24.3 Å². The van der Waals surface area contributed by atoms with Gasteiger partial charge in [-0.1, -0.05) is 17.7 Å². The van der Waals surface area contributed by atoms with E-state index >= 15 is 0 Å². The number of carbonyl (C=O) groups excluding carboxylic acids is 1. The lowest BCUT2D eigenvalue weighted by molar-refractivity contribution is -0.384. The summed E-state index contributed by atoms with van der Waals surface area (Å²) in [5.41, 5.74) is 0.237. The maximum Gasteiger partial charge on any atom is 0.271 e. The molecule has 1 amide bonds. The lowest BCUT2D eigenvalue weighted by Gasteiger charge is -2.09. The van der Waals surface area contributed by atoms with E-state index in [-0.39, 0.29) is 27.6 Å². The first-order valence-electron chi connectivity index (χ1n) is 6.49. The topological polar surface area (TPSA) is 118 Å². The monoisotopic (exact) mass is 369 g/mol. The first-order chi connectivity index (χ1) is 11.2. The molecule has 0 fully saturated rings. The summed E-state index contributed by atoms with van der Waals surface area (Å²) in [6.07, 6.45) is 0.989. The second-order valence-corrected chi connectivity index (χ2v) is 6.99. The molecule has 0 aliphatic rings. The highest BCUT2D eigenvalue weighted by Gasteiger charge is 2.14. The van der Waals surface area contributed by atoms with Crippen molar-refractivity contribution in [2.45, 2.75) is 0 Å². The van der Waals surface area contributed by atoms with Crippen LogP contribution in [-0.4, -0.2) is 25.5 Å². The van der Waals surface area contributed by atoms with Crippen molar-refractivity contribution in [3.05, 3.63) is 63.2 Å². The summed E-state index contributed by atoms with van der Waals surface area (Å²) in [5.74, 6) is -0.588. The lowest BCUT2D eigenvalue weighted by atomic mass is 10.2. The molecule has 2 N–H and O–H groups in total. The number of rotatable bonds is 5. The molecule has 0 spiro atoms. The van der Waals surface area contributed by atoms with Crippen LogP contribution in [0.15, 0.2) is 42.5 Å². The number of amides is 1. The van der Waals surface area contributed by atoms with Crippen LogP contribution in [0.25, 0.3) is 0 Å². The highest BCUT2D eigenvalue weighted by molar-refractivity contribution is 7.92. The molecule has 0 radical (unpaired) electrons. The SMILES string of the molecule is CS(=O)(=O)Nc1cccc(C(=O)Nc2cc([N+](=O)[O-])ccc2Cl)c1. The van der Waals surface area contributed by atoms with Gasteiger partial charge in [0.1, 0.15) is 0 Å². The average Bonchev–Trinajstić information content (AvgIpc) is 2.47. The van der Waals surface area contributed by atoms with Crippen LogP contribution in [0.5, 0.6) is 0 Å². The lowest BCUT2D eigenvalue weighted by Crippen LogP contribution is -2.14. The fourth-order valence-electron chi connectivity index (χ4n) is 1.86. The first kappa shape index (κ1) is 17.7. The van der Waals surface area contributed by atoms with Crippen LogP contribution < -0.4 is 10.0 Å². The van der Waals surface area contributed by atoms with Crippen LogP contribution in [0.3, 0.4) is 0 Å². The molecule has 2 rings (SSSR count). The van der Waals surface area contributed by atoms with Crippen LogP contribution in [0.1, 0.15) is 10.4 Å². The van der Waals surface area contributed by atoms with Crippen molar-refractivity contribution in [2.75, 3.05) is 16.3 Å². The second kappa shape index (κ2) is 6.85. The standard InChI is InChI=1S/C14H12ClN3O5S/c1-24(22,23)17-10-4-2-3-9(7-10)14(19)16-13-8-11(18(20)21)5-6-12(13)15/h2-8,17H,1H3,(H,16,19). The number of nitrogens with zero attached hydrogens (tertiary/aromatic N) is 1.